The number of benzene rings is 2. The average Bonchev–Trinajstić information content (AvgIpc) is 3.33. The molecule has 130 valence electrons. The molecule has 7 heteroatoms. The number of primary amides is 1. The first-order valence-corrected chi connectivity index (χ1v) is 7.64. The Kier molecular flexibility index (Phi) is 4.24. The molecule has 4 nitrogen and oxygen atoms in total. The number of alkyl halides is 3. The van der Waals surface area contributed by atoms with Crippen LogP contribution in [0.3, 0.4) is 0 Å². The molecule has 1 aliphatic carbocycles. The SMILES string of the molecule is NC(=O)c1ccc(C(=O)NC2CC2c2ccccc2C(F)(F)F)cc1. The Morgan fingerprint density at radius 1 is 1.00 bits per heavy atom. The monoisotopic (exact) mass is 348 g/mol. The number of halogens is 3. The minimum Gasteiger partial charge on any atom is -0.366 e. The minimum absolute atomic E-state index is 0.198. The zero-order valence-electron chi connectivity index (χ0n) is 13.0. The van der Waals surface area contributed by atoms with Crippen LogP contribution in [-0.4, -0.2) is 17.9 Å². The van der Waals surface area contributed by atoms with Crippen LogP contribution in [0, 0.1) is 0 Å². The third-order valence-electron chi connectivity index (χ3n) is 4.20. The number of hydrogen-bond donors (Lipinski definition) is 2. The standard InChI is InChI=1S/C18H15F3N2O2/c19-18(20,21)14-4-2-1-3-12(14)13-9-15(13)23-17(25)11-7-5-10(6-8-11)16(22)24/h1-8,13,15H,9H2,(H2,22,24)(H,23,25). The number of amides is 2. The van der Waals surface area contributed by atoms with Gasteiger partial charge in [-0.25, -0.2) is 0 Å². The molecule has 2 atom stereocenters. The van der Waals surface area contributed by atoms with E-state index >= 15 is 0 Å². The van der Waals surface area contributed by atoms with Crippen LogP contribution in [0.25, 0.3) is 0 Å². The first kappa shape index (κ1) is 17.0. The van der Waals surface area contributed by atoms with Crippen molar-refractivity contribution in [3.63, 3.8) is 0 Å². The highest BCUT2D eigenvalue weighted by molar-refractivity contribution is 5.97. The first-order chi connectivity index (χ1) is 11.8. The molecule has 2 aromatic rings. The second-order valence-corrected chi connectivity index (χ2v) is 5.95. The minimum atomic E-state index is -4.42. The second-order valence-electron chi connectivity index (χ2n) is 5.95. The highest BCUT2D eigenvalue weighted by Crippen LogP contribution is 2.46. The molecule has 2 unspecified atom stereocenters. The van der Waals surface area contributed by atoms with Gasteiger partial charge < -0.3 is 11.1 Å². The predicted octanol–water partition coefficient (Wildman–Crippen LogP) is 3.09. The Morgan fingerprint density at radius 3 is 2.20 bits per heavy atom. The zero-order valence-corrected chi connectivity index (χ0v) is 13.0. The molecule has 1 fully saturated rings. The Balaban J connectivity index is 1.69. The van der Waals surface area contributed by atoms with Crippen molar-refractivity contribution in [1.82, 2.24) is 5.32 Å². The largest absolute Gasteiger partial charge is 0.416 e. The molecule has 0 aliphatic heterocycles. The molecule has 3 rings (SSSR count). The van der Waals surface area contributed by atoms with Crippen LogP contribution >= 0.6 is 0 Å². The molecule has 1 aliphatic rings. The fourth-order valence-corrected chi connectivity index (χ4v) is 2.81. The van der Waals surface area contributed by atoms with E-state index in [1.54, 1.807) is 6.07 Å². The van der Waals surface area contributed by atoms with Crippen molar-refractivity contribution in [3.05, 3.63) is 70.8 Å². The van der Waals surface area contributed by atoms with Crippen LogP contribution in [0.4, 0.5) is 13.2 Å². The van der Waals surface area contributed by atoms with Crippen molar-refractivity contribution in [3.8, 4) is 0 Å². The maximum Gasteiger partial charge on any atom is 0.416 e. The summed E-state index contributed by atoms with van der Waals surface area (Å²) in [7, 11) is 0. The summed E-state index contributed by atoms with van der Waals surface area (Å²) in [4.78, 5) is 23.2. The van der Waals surface area contributed by atoms with Crippen molar-refractivity contribution in [2.75, 3.05) is 0 Å². The molecule has 0 spiro atoms. The number of hydrogen-bond acceptors (Lipinski definition) is 2. The molecule has 0 heterocycles. The summed E-state index contributed by atoms with van der Waals surface area (Å²) in [5.74, 6) is -1.35. The van der Waals surface area contributed by atoms with E-state index in [1.807, 2.05) is 0 Å². The van der Waals surface area contributed by atoms with Gasteiger partial charge in [-0.1, -0.05) is 18.2 Å². The van der Waals surface area contributed by atoms with Crippen molar-refractivity contribution >= 4 is 11.8 Å². The Bertz CT molecular complexity index is 816. The van der Waals surface area contributed by atoms with Gasteiger partial charge in [-0.05, 0) is 42.3 Å². The van der Waals surface area contributed by atoms with Crippen molar-refractivity contribution < 1.29 is 22.8 Å². The third kappa shape index (κ3) is 3.65. The average molecular weight is 348 g/mol. The zero-order chi connectivity index (χ0) is 18.2. The Hall–Kier alpha value is -2.83. The first-order valence-electron chi connectivity index (χ1n) is 7.64. The lowest BCUT2D eigenvalue weighted by atomic mass is 10.0. The van der Waals surface area contributed by atoms with Crippen LogP contribution < -0.4 is 11.1 Å². The summed E-state index contributed by atoms with van der Waals surface area (Å²) in [6.45, 7) is 0. The molecule has 0 radical (unpaired) electrons. The lowest BCUT2D eigenvalue weighted by molar-refractivity contribution is -0.138. The lowest BCUT2D eigenvalue weighted by Gasteiger charge is -2.12. The van der Waals surface area contributed by atoms with E-state index in [-0.39, 0.29) is 23.1 Å². The van der Waals surface area contributed by atoms with E-state index in [0.29, 0.717) is 12.0 Å². The normalized spacial score (nSPS) is 19.3. The van der Waals surface area contributed by atoms with E-state index in [0.717, 1.165) is 6.07 Å². The summed E-state index contributed by atoms with van der Waals surface area (Å²) in [6, 6.07) is 10.8. The Labute approximate surface area is 141 Å². The molecule has 0 saturated heterocycles. The molecular weight excluding hydrogens is 333 g/mol. The van der Waals surface area contributed by atoms with Gasteiger partial charge in [-0.3, -0.25) is 9.59 Å². The second kappa shape index (κ2) is 6.23. The lowest BCUT2D eigenvalue weighted by Crippen LogP contribution is -2.27. The fraction of sp³-hybridized carbons (Fsp3) is 0.222. The van der Waals surface area contributed by atoms with Gasteiger partial charge in [-0.2, -0.15) is 13.2 Å². The highest BCUT2D eigenvalue weighted by atomic mass is 19.4. The molecule has 1 saturated carbocycles. The topological polar surface area (TPSA) is 72.2 Å². The molecule has 25 heavy (non-hydrogen) atoms. The summed E-state index contributed by atoms with van der Waals surface area (Å²) >= 11 is 0. The predicted molar refractivity (Wildman–Crippen MR) is 85.0 cm³/mol. The van der Waals surface area contributed by atoms with E-state index in [4.69, 9.17) is 5.73 Å². The van der Waals surface area contributed by atoms with Crippen LogP contribution in [0.2, 0.25) is 0 Å². The molecule has 2 aromatic carbocycles. The maximum atomic E-state index is 13.1. The van der Waals surface area contributed by atoms with Crippen LogP contribution in [0.15, 0.2) is 48.5 Å². The van der Waals surface area contributed by atoms with Crippen molar-refractivity contribution in [2.45, 2.75) is 24.6 Å². The van der Waals surface area contributed by atoms with Gasteiger partial charge in [0.1, 0.15) is 0 Å². The number of nitrogens with two attached hydrogens (primary N) is 1. The smallest absolute Gasteiger partial charge is 0.366 e. The van der Waals surface area contributed by atoms with E-state index in [2.05, 4.69) is 5.32 Å². The number of nitrogens with one attached hydrogen (secondary N) is 1. The van der Waals surface area contributed by atoms with Gasteiger partial charge in [0.25, 0.3) is 5.91 Å². The maximum absolute atomic E-state index is 13.1. The summed E-state index contributed by atoms with van der Waals surface area (Å²) in [5.41, 5.74) is 5.26. The van der Waals surface area contributed by atoms with Crippen LogP contribution in [0.5, 0.6) is 0 Å². The molecule has 0 bridgehead atoms. The Morgan fingerprint density at radius 2 is 1.60 bits per heavy atom. The van der Waals surface area contributed by atoms with Gasteiger partial charge in [0.15, 0.2) is 0 Å². The number of carbonyl (C=O) groups excluding carboxylic acids is 2. The van der Waals surface area contributed by atoms with Crippen molar-refractivity contribution in [2.24, 2.45) is 5.73 Å². The van der Waals surface area contributed by atoms with Crippen molar-refractivity contribution in [1.29, 1.82) is 0 Å². The summed E-state index contributed by atoms with van der Waals surface area (Å²) in [5, 5.41) is 2.72. The molecular formula is C18H15F3N2O2. The van der Waals surface area contributed by atoms with Gasteiger partial charge in [0.2, 0.25) is 5.91 Å². The van der Waals surface area contributed by atoms with Gasteiger partial charge in [-0.15, -0.1) is 0 Å². The van der Waals surface area contributed by atoms with E-state index in [9.17, 15) is 22.8 Å². The molecule has 3 N–H and O–H groups in total. The highest BCUT2D eigenvalue weighted by Gasteiger charge is 2.44. The molecule has 0 aromatic heterocycles. The van der Waals surface area contributed by atoms with Gasteiger partial charge >= 0.3 is 6.18 Å². The third-order valence-corrected chi connectivity index (χ3v) is 4.20. The van der Waals surface area contributed by atoms with Gasteiger partial charge in [0.05, 0.1) is 5.56 Å². The molecule has 2 amide bonds. The summed E-state index contributed by atoms with van der Waals surface area (Å²) in [6.07, 6.45) is -3.96. The fourth-order valence-electron chi connectivity index (χ4n) is 2.81. The van der Waals surface area contributed by atoms with E-state index in [1.165, 1.54) is 36.4 Å². The quantitative estimate of drug-likeness (QED) is 0.891. The summed E-state index contributed by atoms with van der Waals surface area (Å²) < 4.78 is 39.2. The van der Waals surface area contributed by atoms with E-state index < -0.39 is 23.6 Å². The van der Waals surface area contributed by atoms with Gasteiger partial charge in [0, 0.05) is 23.1 Å². The number of carbonyl (C=O) groups is 2. The number of rotatable bonds is 4. The van der Waals surface area contributed by atoms with Crippen LogP contribution in [0.1, 0.15) is 44.2 Å². The van der Waals surface area contributed by atoms with Crippen LogP contribution in [-0.2, 0) is 6.18 Å².